The third-order valence-corrected chi connectivity index (χ3v) is 4.50. The van der Waals surface area contributed by atoms with Crippen molar-refractivity contribution in [3.05, 3.63) is 54.4 Å². The molecule has 31 heavy (non-hydrogen) atoms. The summed E-state index contributed by atoms with van der Waals surface area (Å²) in [5.41, 5.74) is 2.13. The summed E-state index contributed by atoms with van der Waals surface area (Å²) >= 11 is 0. The number of aromatic nitrogens is 2. The zero-order valence-electron chi connectivity index (χ0n) is 17.6. The minimum Gasteiger partial charge on any atom is -0.486 e. The molecule has 0 saturated heterocycles. The third-order valence-electron chi connectivity index (χ3n) is 4.50. The van der Waals surface area contributed by atoms with Crippen LogP contribution in [-0.4, -0.2) is 43.3 Å². The average molecular weight is 420 g/mol. The summed E-state index contributed by atoms with van der Waals surface area (Å²) in [4.78, 5) is 23.1. The maximum atomic E-state index is 12.3. The Morgan fingerprint density at radius 2 is 1.52 bits per heavy atom. The maximum absolute atomic E-state index is 12.3. The Morgan fingerprint density at radius 3 is 2.26 bits per heavy atom. The van der Waals surface area contributed by atoms with Crippen molar-refractivity contribution in [3.8, 4) is 11.5 Å². The molecule has 0 fully saturated rings. The van der Waals surface area contributed by atoms with Gasteiger partial charge in [0.05, 0.1) is 0 Å². The van der Waals surface area contributed by atoms with Gasteiger partial charge in [0.2, 0.25) is 0 Å². The second-order valence-corrected chi connectivity index (χ2v) is 7.19. The van der Waals surface area contributed by atoms with E-state index in [4.69, 9.17) is 9.47 Å². The summed E-state index contributed by atoms with van der Waals surface area (Å²) in [5.74, 6) is 3.51. The molecule has 2 heterocycles. The smallest absolute Gasteiger partial charge is 0.323 e. The van der Waals surface area contributed by atoms with Crippen LogP contribution in [0.2, 0.25) is 0 Å². The number of hydrogen-bond donors (Lipinski definition) is 3. The zero-order valence-corrected chi connectivity index (χ0v) is 17.6. The van der Waals surface area contributed by atoms with Crippen LogP contribution in [0.3, 0.4) is 0 Å². The van der Waals surface area contributed by atoms with Gasteiger partial charge in [0.1, 0.15) is 30.7 Å². The monoisotopic (exact) mass is 420 g/mol. The SMILES string of the molecule is Cc1nc(Nc2ccc(NC(=O)Nc3ccc4c(c3)OCCO4)cc2)cc(N(C)C)n1. The van der Waals surface area contributed by atoms with Gasteiger partial charge in [-0.1, -0.05) is 0 Å². The standard InChI is InChI=1S/C22H24N6O3/c1-14-23-20(13-21(24-14)28(2)3)25-15-4-6-16(7-5-15)26-22(29)27-17-8-9-18-19(12-17)31-11-10-30-18/h4-9,12-13H,10-11H2,1-3H3,(H,23,24,25)(H2,26,27,29). The third kappa shape index (κ3) is 5.13. The van der Waals surface area contributed by atoms with Crippen molar-refractivity contribution in [2.24, 2.45) is 0 Å². The molecule has 9 heteroatoms. The van der Waals surface area contributed by atoms with Gasteiger partial charge in [0.25, 0.3) is 0 Å². The number of ether oxygens (including phenoxy) is 2. The van der Waals surface area contributed by atoms with Crippen molar-refractivity contribution in [2.45, 2.75) is 6.92 Å². The van der Waals surface area contributed by atoms with Crippen molar-refractivity contribution >= 4 is 34.7 Å². The van der Waals surface area contributed by atoms with Gasteiger partial charge in [-0.15, -0.1) is 0 Å². The van der Waals surface area contributed by atoms with Crippen molar-refractivity contribution in [3.63, 3.8) is 0 Å². The van der Waals surface area contributed by atoms with Crippen molar-refractivity contribution in [2.75, 3.05) is 48.2 Å². The van der Waals surface area contributed by atoms with E-state index < -0.39 is 0 Å². The molecule has 0 radical (unpaired) electrons. The summed E-state index contributed by atoms with van der Waals surface area (Å²) in [5, 5.41) is 8.87. The highest BCUT2D eigenvalue weighted by Gasteiger charge is 2.13. The number of fused-ring (bicyclic) bond motifs is 1. The van der Waals surface area contributed by atoms with Gasteiger partial charge in [-0.3, -0.25) is 0 Å². The van der Waals surface area contributed by atoms with Crippen LogP contribution < -0.4 is 30.3 Å². The fourth-order valence-electron chi connectivity index (χ4n) is 3.04. The van der Waals surface area contributed by atoms with Gasteiger partial charge in [0.15, 0.2) is 11.5 Å². The highest BCUT2D eigenvalue weighted by molar-refractivity contribution is 6.00. The van der Waals surface area contributed by atoms with Crippen molar-refractivity contribution in [1.82, 2.24) is 9.97 Å². The predicted molar refractivity (Wildman–Crippen MR) is 121 cm³/mol. The second-order valence-electron chi connectivity index (χ2n) is 7.19. The Kier molecular flexibility index (Phi) is 5.74. The zero-order chi connectivity index (χ0) is 21.8. The molecule has 1 aliphatic heterocycles. The molecule has 0 atom stereocenters. The molecule has 0 unspecified atom stereocenters. The van der Waals surface area contributed by atoms with E-state index in [0.717, 1.165) is 11.5 Å². The average Bonchev–Trinajstić information content (AvgIpc) is 2.74. The predicted octanol–water partition coefficient (Wildman–Crippen LogP) is 4.01. The molecule has 0 saturated carbocycles. The summed E-state index contributed by atoms with van der Waals surface area (Å²) < 4.78 is 11.0. The lowest BCUT2D eigenvalue weighted by Crippen LogP contribution is -2.20. The maximum Gasteiger partial charge on any atom is 0.323 e. The van der Waals surface area contributed by atoms with E-state index in [1.54, 1.807) is 18.2 Å². The van der Waals surface area contributed by atoms with E-state index >= 15 is 0 Å². The number of anilines is 5. The molecule has 1 aliphatic rings. The van der Waals surface area contributed by atoms with Gasteiger partial charge in [0, 0.05) is 43.3 Å². The molecular weight excluding hydrogens is 396 g/mol. The number of urea groups is 1. The van der Waals surface area contributed by atoms with E-state index in [0.29, 0.717) is 47.7 Å². The highest BCUT2D eigenvalue weighted by atomic mass is 16.6. The topological polar surface area (TPSA) is 101 Å². The molecule has 1 aromatic heterocycles. The van der Waals surface area contributed by atoms with Crippen LogP contribution in [0.5, 0.6) is 11.5 Å². The van der Waals surface area contributed by atoms with Gasteiger partial charge in [-0.25, -0.2) is 14.8 Å². The summed E-state index contributed by atoms with van der Waals surface area (Å²) in [6.45, 7) is 2.87. The molecule has 0 aliphatic carbocycles. The quantitative estimate of drug-likeness (QED) is 0.573. The van der Waals surface area contributed by atoms with Crippen molar-refractivity contribution in [1.29, 1.82) is 0 Å². The first kappa shape index (κ1) is 20.3. The van der Waals surface area contributed by atoms with E-state index in [1.807, 2.05) is 56.3 Å². The number of carbonyl (C=O) groups is 1. The number of aryl methyl sites for hydroxylation is 1. The lowest BCUT2D eigenvalue weighted by atomic mass is 10.2. The second kappa shape index (κ2) is 8.78. The number of amides is 2. The van der Waals surface area contributed by atoms with Gasteiger partial charge in [-0.05, 0) is 43.3 Å². The van der Waals surface area contributed by atoms with E-state index in [9.17, 15) is 4.79 Å². The lowest BCUT2D eigenvalue weighted by Gasteiger charge is -2.19. The Hall–Kier alpha value is -4.01. The number of nitrogens with one attached hydrogen (secondary N) is 3. The van der Waals surface area contributed by atoms with Crippen LogP contribution in [0.1, 0.15) is 5.82 Å². The fourth-order valence-corrected chi connectivity index (χ4v) is 3.04. The van der Waals surface area contributed by atoms with E-state index in [1.165, 1.54) is 0 Å². The number of hydrogen-bond acceptors (Lipinski definition) is 7. The minimum atomic E-state index is -0.348. The summed E-state index contributed by atoms with van der Waals surface area (Å²) in [6.07, 6.45) is 0. The van der Waals surface area contributed by atoms with Crippen LogP contribution in [0.15, 0.2) is 48.5 Å². The Balaban J connectivity index is 1.37. The van der Waals surface area contributed by atoms with Gasteiger partial charge >= 0.3 is 6.03 Å². The van der Waals surface area contributed by atoms with Crippen molar-refractivity contribution < 1.29 is 14.3 Å². The largest absolute Gasteiger partial charge is 0.486 e. The molecule has 2 aromatic carbocycles. The molecule has 160 valence electrons. The number of rotatable bonds is 5. The van der Waals surface area contributed by atoms with Crippen LogP contribution in [-0.2, 0) is 0 Å². The Morgan fingerprint density at radius 1 is 0.871 bits per heavy atom. The highest BCUT2D eigenvalue weighted by Crippen LogP contribution is 2.32. The minimum absolute atomic E-state index is 0.348. The first-order valence-corrected chi connectivity index (χ1v) is 9.84. The van der Waals surface area contributed by atoms with Crippen LogP contribution in [0.25, 0.3) is 0 Å². The van der Waals surface area contributed by atoms with Crippen LogP contribution in [0, 0.1) is 6.92 Å². The normalized spacial score (nSPS) is 12.1. The molecule has 4 rings (SSSR count). The first-order valence-electron chi connectivity index (χ1n) is 9.84. The number of carbonyl (C=O) groups excluding carboxylic acids is 1. The molecule has 2 amide bonds. The fraction of sp³-hybridized carbons (Fsp3) is 0.227. The van der Waals surface area contributed by atoms with Crippen LogP contribution >= 0.6 is 0 Å². The molecular formula is C22H24N6O3. The molecule has 3 N–H and O–H groups in total. The summed E-state index contributed by atoms with van der Waals surface area (Å²) in [7, 11) is 3.87. The Bertz CT molecular complexity index is 1090. The Labute approximate surface area is 180 Å². The molecule has 0 bridgehead atoms. The number of nitrogens with zero attached hydrogens (tertiary/aromatic N) is 3. The van der Waals surface area contributed by atoms with Gasteiger partial charge < -0.3 is 30.3 Å². The van der Waals surface area contributed by atoms with E-state index in [2.05, 4.69) is 25.9 Å². The number of benzene rings is 2. The van der Waals surface area contributed by atoms with E-state index in [-0.39, 0.29) is 6.03 Å². The summed E-state index contributed by atoms with van der Waals surface area (Å²) in [6, 6.07) is 14.2. The molecule has 0 spiro atoms. The van der Waals surface area contributed by atoms with Crippen LogP contribution in [0.4, 0.5) is 33.5 Å². The first-order chi connectivity index (χ1) is 15.0. The lowest BCUT2D eigenvalue weighted by molar-refractivity contribution is 0.171. The molecule has 9 nitrogen and oxygen atoms in total. The van der Waals surface area contributed by atoms with Gasteiger partial charge in [-0.2, -0.15) is 0 Å². The molecule has 3 aromatic rings.